The van der Waals surface area contributed by atoms with Gasteiger partial charge >= 0.3 is 0 Å². The molecule has 43 heavy (non-hydrogen) atoms. The summed E-state index contributed by atoms with van der Waals surface area (Å²) in [5, 5.41) is 10.1. The highest BCUT2D eigenvalue weighted by molar-refractivity contribution is 6.29. The molecular weight excluding hydrogens is 520 g/mol. The van der Waals surface area contributed by atoms with E-state index in [1.165, 1.54) is 87.6 Å². The van der Waals surface area contributed by atoms with E-state index in [2.05, 4.69) is 146 Å². The molecule has 198 valence electrons. The van der Waals surface area contributed by atoms with E-state index in [1.807, 2.05) is 0 Å². The standard InChI is InChI=1S/C42H24O/c1-2-11-25(12-3-1)38-26-13-4-6-15-28(26)39(29-16-7-5-14-27(29)38)34-23-24-35-33-20-10-22-37-42(33)41-32(19-9-21-36(41)43-37)30-17-8-18-31(34)40(30)35/h1-24H. The molecule has 1 aliphatic carbocycles. The van der Waals surface area contributed by atoms with Crippen LogP contribution in [0.3, 0.4) is 0 Å². The molecule has 1 heteroatoms. The first kappa shape index (κ1) is 23.0. The Morgan fingerprint density at radius 3 is 1.33 bits per heavy atom. The Morgan fingerprint density at radius 2 is 0.721 bits per heavy atom. The number of benzene rings is 8. The quantitative estimate of drug-likeness (QED) is 0.197. The van der Waals surface area contributed by atoms with E-state index < -0.39 is 0 Å². The first-order valence-electron chi connectivity index (χ1n) is 14.9. The summed E-state index contributed by atoms with van der Waals surface area (Å²) >= 11 is 0. The van der Waals surface area contributed by atoms with Crippen molar-refractivity contribution in [2.45, 2.75) is 0 Å². The molecule has 10 rings (SSSR count). The molecule has 0 unspecified atom stereocenters. The lowest BCUT2D eigenvalue weighted by molar-refractivity contribution is 0.669. The zero-order valence-corrected chi connectivity index (χ0v) is 23.3. The molecule has 1 aliphatic rings. The normalized spacial score (nSPS) is 12.2. The molecule has 1 heterocycles. The summed E-state index contributed by atoms with van der Waals surface area (Å²) in [6.45, 7) is 0. The molecular formula is C42H24O. The van der Waals surface area contributed by atoms with Crippen molar-refractivity contribution in [2.24, 2.45) is 0 Å². The monoisotopic (exact) mass is 544 g/mol. The van der Waals surface area contributed by atoms with Gasteiger partial charge in [-0.2, -0.15) is 0 Å². The van der Waals surface area contributed by atoms with Crippen molar-refractivity contribution >= 4 is 54.3 Å². The lowest BCUT2D eigenvalue weighted by Gasteiger charge is -2.20. The van der Waals surface area contributed by atoms with Gasteiger partial charge in [-0.25, -0.2) is 0 Å². The lowest BCUT2D eigenvalue weighted by atomic mass is 9.83. The summed E-state index contributed by atoms with van der Waals surface area (Å²) < 4.78 is 6.36. The molecule has 9 aromatic rings. The largest absolute Gasteiger partial charge is 0.456 e. The van der Waals surface area contributed by atoms with Gasteiger partial charge in [-0.3, -0.25) is 0 Å². The molecule has 0 saturated carbocycles. The van der Waals surface area contributed by atoms with Gasteiger partial charge in [0.25, 0.3) is 0 Å². The van der Waals surface area contributed by atoms with Crippen molar-refractivity contribution < 1.29 is 4.42 Å². The summed E-state index contributed by atoms with van der Waals surface area (Å²) in [7, 11) is 0. The summed E-state index contributed by atoms with van der Waals surface area (Å²) in [5.41, 5.74) is 12.0. The van der Waals surface area contributed by atoms with Crippen molar-refractivity contribution in [2.75, 3.05) is 0 Å². The highest BCUT2D eigenvalue weighted by Crippen LogP contribution is 2.52. The van der Waals surface area contributed by atoms with E-state index in [1.54, 1.807) is 0 Å². The Labute approximate surface area is 248 Å². The van der Waals surface area contributed by atoms with Gasteiger partial charge in [0.1, 0.15) is 11.2 Å². The van der Waals surface area contributed by atoms with Crippen molar-refractivity contribution in [1.82, 2.24) is 0 Å². The third-order valence-corrected chi connectivity index (χ3v) is 9.41. The van der Waals surface area contributed by atoms with Crippen LogP contribution in [0.25, 0.3) is 98.8 Å². The van der Waals surface area contributed by atoms with Crippen LogP contribution in [-0.4, -0.2) is 0 Å². The van der Waals surface area contributed by atoms with Crippen LogP contribution < -0.4 is 0 Å². The first-order chi connectivity index (χ1) is 21.4. The van der Waals surface area contributed by atoms with E-state index in [9.17, 15) is 0 Å². The minimum absolute atomic E-state index is 0.943. The third-order valence-electron chi connectivity index (χ3n) is 9.41. The van der Waals surface area contributed by atoms with Gasteiger partial charge in [0.05, 0.1) is 0 Å². The predicted molar refractivity (Wildman–Crippen MR) is 182 cm³/mol. The van der Waals surface area contributed by atoms with Gasteiger partial charge in [0.2, 0.25) is 0 Å². The number of furan rings is 1. The smallest absolute Gasteiger partial charge is 0.136 e. The second-order valence-corrected chi connectivity index (χ2v) is 11.6. The molecule has 0 fully saturated rings. The van der Waals surface area contributed by atoms with Crippen LogP contribution >= 0.6 is 0 Å². The molecule has 0 spiro atoms. The second kappa shape index (κ2) is 8.44. The highest BCUT2D eigenvalue weighted by atomic mass is 16.3. The van der Waals surface area contributed by atoms with Gasteiger partial charge in [0, 0.05) is 10.8 Å². The third kappa shape index (κ3) is 3.01. The van der Waals surface area contributed by atoms with Crippen LogP contribution in [0.4, 0.5) is 0 Å². The highest BCUT2D eigenvalue weighted by Gasteiger charge is 2.25. The lowest BCUT2D eigenvalue weighted by Crippen LogP contribution is -1.93. The Bertz CT molecular complexity index is 2480. The molecule has 0 saturated heterocycles. The molecule has 0 aliphatic heterocycles. The molecule has 1 aromatic heterocycles. The van der Waals surface area contributed by atoms with Gasteiger partial charge in [0.15, 0.2) is 0 Å². The molecule has 0 radical (unpaired) electrons. The van der Waals surface area contributed by atoms with Gasteiger partial charge in [-0.1, -0.05) is 133 Å². The Morgan fingerprint density at radius 1 is 0.279 bits per heavy atom. The molecule has 0 N–H and O–H groups in total. The fraction of sp³-hybridized carbons (Fsp3) is 0. The van der Waals surface area contributed by atoms with Crippen molar-refractivity contribution in [1.29, 1.82) is 0 Å². The van der Waals surface area contributed by atoms with Crippen LogP contribution in [-0.2, 0) is 0 Å². The van der Waals surface area contributed by atoms with Crippen LogP contribution in [0.5, 0.6) is 0 Å². The summed E-state index contributed by atoms with van der Waals surface area (Å²) in [4.78, 5) is 0. The zero-order chi connectivity index (χ0) is 28.1. The number of fused-ring (bicyclic) bond motifs is 4. The maximum absolute atomic E-state index is 6.36. The molecule has 8 aromatic carbocycles. The van der Waals surface area contributed by atoms with Gasteiger partial charge in [-0.15, -0.1) is 0 Å². The van der Waals surface area contributed by atoms with Crippen LogP contribution in [0.1, 0.15) is 0 Å². The van der Waals surface area contributed by atoms with Gasteiger partial charge < -0.3 is 4.42 Å². The van der Waals surface area contributed by atoms with Crippen molar-refractivity contribution in [3.63, 3.8) is 0 Å². The van der Waals surface area contributed by atoms with E-state index in [-0.39, 0.29) is 0 Å². The average Bonchev–Trinajstić information content (AvgIpc) is 3.40. The summed E-state index contributed by atoms with van der Waals surface area (Å²) in [6.07, 6.45) is 0. The SMILES string of the molecule is c1ccc(-c2c3ccccc3c(-c3ccc4c5c(cccc35)-c3cccc5oc6cccc-4c6c35)c3ccccc23)cc1. The Kier molecular flexibility index (Phi) is 4.51. The van der Waals surface area contributed by atoms with E-state index in [0.29, 0.717) is 0 Å². The minimum atomic E-state index is 0.943. The fourth-order valence-electron chi connectivity index (χ4n) is 7.72. The molecule has 0 amide bonds. The number of hydrogen-bond acceptors (Lipinski definition) is 1. The summed E-state index contributed by atoms with van der Waals surface area (Å²) in [5.74, 6) is 0. The van der Waals surface area contributed by atoms with E-state index >= 15 is 0 Å². The minimum Gasteiger partial charge on any atom is -0.456 e. The van der Waals surface area contributed by atoms with Crippen molar-refractivity contribution in [3.8, 4) is 44.5 Å². The fourth-order valence-corrected chi connectivity index (χ4v) is 7.72. The average molecular weight is 545 g/mol. The maximum atomic E-state index is 6.36. The Balaban J connectivity index is 1.39. The molecule has 1 nitrogen and oxygen atoms in total. The maximum Gasteiger partial charge on any atom is 0.136 e. The second-order valence-electron chi connectivity index (χ2n) is 11.6. The molecule has 0 bridgehead atoms. The first-order valence-corrected chi connectivity index (χ1v) is 14.9. The van der Waals surface area contributed by atoms with E-state index in [4.69, 9.17) is 4.42 Å². The Hall–Kier alpha value is -5.66. The predicted octanol–water partition coefficient (Wildman–Crippen LogP) is 12.0. The van der Waals surface area contributed by atoms with Gasteiger partial charge in [-0.05, 0) is 89.0 Å². The number of hydrogen-bond donors (Lipinski definition) is 0. The van der Waals surface area contributed by atoms with Crippen LogP contribution in [0.2, 0.25) is 0 Å². The van der Waals surface area contributed by atoms with Crippen LogP contribution in [0, 0.1) is 0 Å². The summed E-state index contributed by atoms with van der Waals surface area (Å²) in [6, 6.07) is 53.1. The number of rotatable bonds is 2. The zero-order valence-electron chi connectivity index (χ0n) is 23.3. The van der Waals surface area contributed by atoms with E-state index in [0.717, 1.165) is 11.2 Å². The molecule has 0 atom stereocenters. The topological polar surface area (TPSA) is 13.1 Å². The van der Waals surface area contributed by atoms with Crippen molar-refractivity contribution in [3.05, 3.63) is 146 Å². The van der Waals surface area contributed by atoms with Crippen LogP contribution in [0.15, 0.2) is 150 Å².